The van der Waals surface area contributed by atoms with Crippen molar-refractivity contribution < 1.29 is 14.3 Å². The van der Waals surface area contributed by atoms with Gasteiger partial charge >= 0.3 is 0 Å². The van der Waals surface area contributed by atoms with Crippen LogP contribution in [-0.4, -0.2) is 36.9 Å². The highest BCUT2D eigenvalue weighted by molar-refractivity contribution is 5.89. The van der Waals surface area contributed by atoms with Crippen LogP contribution >= 0.6 is 0 Å². The second-order valence-electron chi connectivity index (χ2n) is 11.4. The van der Waals surface area contributed by atoms with Crippen LogP contribution in [0.2, 0.25) is 0 Å². The number of carbonyl (C=O) groups is 2. The van der Waals surface area contributed by atoms with Gasteiger partial charge in [-0.25, -0.2) is 0 Å². The van der Waals surface area contributed by atoms with Crippen molar-refractivity contribution in [2.24, 2.45) is 34.5 Å². The fourth-order valence-corrected chi connectivity index (χ4v) is 8.22. The van der Waals surface area contributed by atoms with Crippen LogP contribution in [0.4, 0.5) is 0 Å². The first-order chi connectivity index (χ1) is 15.8. The molecule has 1 heterocycles. The lowest BCUT2D eigenvalue weighted by atomic mass is 9.47. The van der Waals surface area contributed by atoms with Crippen LogP contribution in [0.1, 0.15) is 57.9 Å². The predicted octanol–water partition coefficient (Wildman–Crippen LogP) is 4.57. The summed E-state index contributed by atoms with van der Waals surface area (Å²) in [5.74, 6) is 3.14. The minimum atomic E-state index is 0.0572. The van der Waals surface area contributed by atoms with Crippen LogP contribution in [0.3, 0.4) is 0 Å². The van der Waals surface area contributed by atoms with Gasteiger partial charge in [-0.2, -0.15) is 0 Å². The zero-order valence-electron chi connectivity index (χ0n) is 20.5. The van der Waals surface area contributed by atoms with Gasteiger partial charge in [0.05, 0.1) is 7.11 Å². The van der Waals surface area contributed by atoms with Gasteiger partial charge in [-0.05, 0) is 85.5 Å². The summed E-state index contributed by atoms with van der Waals surface area (Å²) in [7, 11) is 3.64. The Hall–Kier alpha value is -2.30. The Morgan fingerprint density at radius 2 is 1.85 bits per heavy atom. The quantitative estimate of drug-likeness (QED) is 0.731. The summed E-state index contributed by atoms with van der Waals surface area (Å²) in [4.78, 5) is 27.6. The molecule has 3 aliphatic carbocycles. The SMILES string of the molecule is COc1ccc(CNC(=O)[C@H]2CC[C@H]3[C@@H]4CC[C@H]5N(C)C(=O)C=C[C@]5(C)[C@H]4CC[C@]23C)cc1. The molecule has 0 aromatic heterocycles. The van der Waals surface area contributed by atoms with E-state index in [2.05, 4.69) is 25.2 Å². The third-order valence-electron chi connectivity index (χ3n) is 10.1. The molecule has 178 valence electrons. The molecule has 0 spiro atoms. The Kier molecular flexibility index (Phi) is 5.57. The highest BCUT2D eigenvalue weighted by atomic mass is 16.5. The highest BCUT2D eigenvalue weighted by Crippen LogP contribution is 2.65. The number of nitrogens with zero attached hydrogens (tertiary/aromatic N) is 1. The number of hydrogen-bond acceptors (Lipinski definition) is 3. The number of rotatable bonds is 4. The molecule has 1 aromatic rings. The number of ether oxygens (including phenoxy) is 1. The number of fused-ring (bicyclic) bond motifs is 5. The van der Waals surface area contributed by atoms with Crippen molar-refractivity contribution in [3.63, 3.8) is 0 Å². The lowest BCUT2D eigenvalue weighted by Crippen LogP contribution is -2.59. The molecule has 1 N–H and O–H groups in total. The monoisotopic (exact) mass is 450 g/mol. The normalized spacial score (nSPS) is 39.5. The first kappa shape index (κ1) is 22.5. The molecule has 1 aromatic carbocycles. The van der Waals surface area contributed by atoms with Crippen LogP contribution in [0, 0.1) is 34.5 Å². The van der Waals surface area contributed by atoms with E-state index in [4.69, 9.17) is 4.74 Å². The number of carbonyl (C=O) groups excluding carboxylic acids is 2. The Balaban J connectivity index is 1.29. The van der Waals surface area contributed by atoms with E-state index < -0.39 is 0 Å². The maximum absolute atomic E-state index is 13.3. The van der Waals surface area contributed by atoms with Crippen molar-refractivity contribution in [1.29, 1.82) is 0 Å². The van der Waals surface area contributed by atoms with Gasteiger partial charge in [0.2, 0.25) is 11.8 Å². The maximum Gasteiger partial charge on any atom is 0.246 e. The molecule has 1 aliphatic heterocycles. The first-order valence-corrected chi connectivity index (χ1v) is 12.6. The third kappa shape index (κ3) is 3.50. The molecule has 33 heavy (non-hydrogen) atoms. The lowest BCUT2D eigenvalue weighted by Gasteiger charge is -2.60. The molecule has 0 radical (unpaired) electrons. The summed E-state index contributed by atoms with van der Waals surface area (Å²) in [6.07, 6.45) is 10.7. The number of nitrogens with one attached hydrogen (secondary N) is 1. The van der Waals surface area contributed by atoms with Crippen LogP contribution in [-0.2, 0) is 16.1 Å². The van der Waals surface area contributed by atoms with Crippen LogP contribution < -0.4 is 10.1 Å². The Morgan fingerprint density at radius 3 is 2.58 bits per heavy atom. The van der Waals surface area contributed by atoms with Gasteiger partial charge in [0.25, 0.3) is 0 Å². The number of benzene rings is 1. The van der Waals surface area contributed by atoms with E-state index in [0.29, 0.717) is 30.3 Å². The summed E-state index contributed by atoms with van der Waals surface area (Å²) >= 11 is 0. The number of likely N-dealkylation sites (N-methyl/N-ethyl adjacent to an activating group) is 1. The molecule has 3 saturated carbocycles. The molecule has 5 rings (SSSR count). The summed E-state index contributed by atoms with van der Waals surface area (Å²) in [6.45, 7) is 5.33. The Morgan fingerprint density at radius 1 is 1.09 bits per heavy atom. The largest absolute Gasteiger partial charge is 0.497 e. The molecule has 0 saturated heterocycles. The fourth-order valence-electron chi connectivity index (χ4n) is 8.22. The van der Waals surface area contributed by atoms with Gasteiger partial charge in [-0.1, -0.05) is 32.1 Å². The zero-order valence-corrected chi connectivity index (χ0v) is 20.5. The van der Waals surface area contributed by atoms with Gasteiger partial charge in [-0.3, -0.25) is 9.59 Å². The molecule has 4 aliphatic rings. The van der Waals surface area contributed by atoms with E-state index >= 15 is 0 Å². The van der Waals surface area contributed by atoms with E-state index in [9.17, 15) is 9.59 Å². The Bertz CT molecular complexity index is 956. The van der Waals surface area contributed by atoms with E-state index in [1.165, 1.54) is 6.42 Å². The van der Waals surface area contributed by atoms with Gasteiger partial charge in [0.15, 0.2) is 0 Å². The van der Waals surface area contributed by atoms with Gasteiger partial charge in [0.1, 0.15) is 5.75 Å². The van der Waals surface area contributed by atoms with Crippen LogP contribution in [0.5, 0.6) is 5.75 Å². The number of methoxy groups -OCH3 is 1. The topological polar surface area (TPSA) is 58.6 Å². The smallest absolute Gasteiger partial charge is 0.246 e. The molecule has 0 bridgehead atoms. The van der Waals surface area contributed by atoms with E-state index in [0.717, 1.165) is 43.4 Å². The van der Waals surface area contributed by atoms with E-state index in [1.807, 2.05) is 36.2 Å². The van der Waals surface area contributed by atoms with Crippen molar-refractivity contribution >= 4 is 11.8 Å². The van der Waals surface area contributed by atoms with Crippen molar-refractivity contribution in [3.8, 4) is 5.75 Å². The van der Waals surface area contributed by atoms with E-state index in [-0.39, 0.29) is 28.6 Å². The molecular formula is C28H38N2O3. The first-order valence-electron chi connectivity index (χ1n) is 12.6. The molecule has 5 nitrogen and oxygen atoms in total. The fraction of sp³-hybridized carbons (Fsp3) is 0.643. The molecular weight excluding hydrogens is 412 g/mol. The van der Waals surface area contributed by atoms with Gasteiger partial charge < -0.3 is 15.0 Å². The van der Waals surface area contributed by atoms with E-state index in [1.54, 1.807) is 13.2 Å². The molecule has 5 heteroatoms. The minimum Gasteiger partial charge on any atom is -0.497 e. The van der Waals surface area contributed by atoms with Gasteiger partial charge in [0, 0.05) is 31.0 Å². The molecule has 7 atom stereocenters. The lowest BCUT2D eigenvalue weighted by molar-refractivity contribution is -0.142. The minimum absolute atomic E-state index is 0.0572. The second-order valence-corrected chi connectivity index (χ2v) is 11.4. The Labute approximate surface area is 197 Å². The average molecular weight is 451 g/mol. The summed E-state index contributed by atoms with van der Waals surface area (Å²) in [5, 5.41) is 3.24. The molecule has 0 unspecified atom stereocenters. The average Bonchev–Trinajstić information content (AvgIpc) is 3.18. The van der Waals surface area contributed by atoms with Crippen molar-refractivity contribution in [3.05, 3.63) is 42.0 Å². The second kappa shape index (κ2) is 8.18. The summed E-state index contributed by atoms with van der Waals surface area (Å²) in [6, 6.07) is 8.23. The number of hydrogen-bond donors (Lipinski definition) is 1. The van der Waals surface area contributed by atoms with Crippen LogP contribution in [0.15, 0.2) is 36.4 Å². The van der Waals surface area contributed by atoms with Crippen molar-refractivity contribution in [1.82, 2.24) is 10.2 Å². The van der Waals surface area contributed by atoms with Crippen molar-refractivity contribution in [2.45, 2.75) is 65.0 Å². The highest BCUT2D eigenvalue weighted by Gasteiger charge is 2.61. The molecule has 2 amide bonds. The third-order valence-corrected chi connectivity index (χ3v) is 10.1. The zero-order chi connectivity index (χ0) is 23.4. The summed E-state index contributed by atoms with van der Waals surface area (Å²) in [5.41, 5.74) is 1.23. The van der Waals surface area contributed by atoms with Gasteiger partial charge in [-0.15, -0.1) is 0 Å². The standard InChI is InChI=1S/C28H38N2O3/c1-27-15-13-22-20(9-12-24-28(22,2)16-14-25(31)30(24)3)21(27)10-11-23(27)26(32)29-17-18-5-7-19(33-4)8-6-18/h5-8,14,16,20-24H,9-13,15,17H2,1-4H3,(H,29,32)/t20-,21-,22-,23+,24+,27-,28+/m0/s1. The molecule has 3 fully saturated rings. The number of amides is 2. The maximum atomic E-state index is 13.3. The van der Waals surface area contributed by atoms with Crippen LogP contribution in [0.25, 0.3) is 0 Å². The summed E-state index contributed by atoms with van der Waals surface area (Å²) < 4.78 is 5.23. The van der Waals surface area contributed by atoms with Crippen molar-refractivity contribution in [2.75, 3.05) is 14.2 Å². The predicted molar refractivity (Wildman–Crippen MR) is 128 cm³/mol.